The van der Waals surface area contributed by atoms with Gasteiger partial charge in [0.15, 0.2) is 11.5 Å². The predicted octanol–water partition coefficient (Wildman–Crippen LogP) is 3.18. The fraction of sp³-hybridized carbons (Fsp3) is 0.600. The van der Waals surface area contributed by atoms with E-state index in [1.165, 1.54) is 0 Å². The lowest BCUT2D eigenvalue weighted by atomic mass is 9.97. The molecule has 2 aliphatic heterocycles. The first-order valence-corrected chi connectivity index (χ1v) is 10.6. The Labute approximate surface area is 179 Å². The first-order chi connectivity index (χ1) is 13.7. The normalized spacial score (nSPS) is 17.0. The van der Waals surface area contributed by atoms with Gasteiger partial charge in [-0.15, -0.1) is 0 Å². The van der Waals surface area contributed by atoms with Gasteiger partial charge in [0.2, 0.25) is 0 Å². The number of anilines is 1. The molecule has 3 rings (SSSR count). The summed E-state index contributed by atoms with van der Waals surface area (Å²) in [5, 5.41) is 2.98. The molecule has 2 amide bonds. The van der Waals surface area contributed by atoms with Crippen molar-refractivity contribution in [3.8, 4) is 11.5 Å². The van der Waals surface area contributed by atoms with Crippen LogP contribution in [-0.4, -0.2) is 55.3 Å². The lowest BCUT2D eigenvalue weighted by Gasteiger charge is -2.33. The number of likely N-dealkylation sites (tertiary alicyclic amines) is 1. The average molecular weight is 470 g/mol. The van der Waals surface area contributed by atoms with E-state index in [1.54, 1.807) is 11.0 Å². The van der Waals surface area contributed by atoms with Crippen LogP contribution in [0, 0.1) is 5.92 Å². The summed E-state index contributed by atoms with van der Waals surface area (Å²) in [5.41, 5.74) is 6.33. The quantitative estimate of drug-likeness (QED) is 0.658. The Hall–Kier alpha value is -2.16. The molecule has 3 N–H and O–H groups in total. The first-order valence-electron chi connectivity index (χ1n) is 9.79. The maximum Gasteiger partial charge on any atom is 0.410 e. The number of rotatable bonds is 3. The number of nitrogens with one attached hydrogen (secondary N) is 1. The molecule has 0 spiro atoms. The van der Waals surface area contributed by atoms with Crippen molar-refractivity contribution < 1.29 is 23.8 Å². The van der Waals surface area contributed by atoms with Crippen LogP contribution in [0.15, 0.2) is 10.5 Å². The van der Waals surface area contributed by atoms with E-state index in [1.807, 2.05) is 20.8 Å². The number of ether oxygens (including phenoxy) is 3. The summed E-state index contributed by atoms with van der Waals surface area (Å²) in [5.74, 6) is 0.848. The van der Waals surface area contributed by atoms with E-state index in [4.69, 9.17) is 19.9 Å². The number of piperidine rings is 1. The number of halogens is 1. The van der Waals surface area contributed by atoms with Gasteiger partial charge >= 0.3 is 6.09 Å². The second-order valence-corrected chi connectivity index (χ2v) is 9.15. The molecule has 0 aromatic heterocycles. The third-order valence-electron chi connectivity index (χ3n) is 4.86. The number of fused-ring (bicyclic) bond motifs is 1. The minimum Gasteiger partial charge on any atom is -0.485 e. The molecule has 8 nitrogen and oxygen atoms in total. The number of carbonyl (C=O) groups excluding carboxylic acids is 2. The number of nitrogen functional groups attached to an aromatic ring is 1. The molecule has 0 atom stereocenters. The largest absolute Gasteiger partial charge is 0.485 e. The van der Waals surface area contributed by atoms with Crippen LogP contribution >= 0.6 is 15.9 Å². The summed E-state index contributed by atoms with van der Waals surface area (Å²) in [6, 6.07) is 1.66. The second kappa shape index (κ2) is 8.69. The molecule has 9 heteroatoms. The van der Waals surface area contributed by atoms with Gasteiger partial charge in [-0.3, -0.25) is 4.79 Å². The molecular weight excluding hydrogens is 442 g/mol. The van der Waals surface area contributed by atoms with Crippen LogP contribution < -0.4 is 20.5 Å². The zero-order valence-electron chi connectivity index (χ0n) is 17.0. The third kappa shape index (κ3) is 5.26. The smallest absolute Gasteiger partial charge is 0.410 e. The van der Waals surface area contributed by atoms with Crippen molar-refractivity contribution in [3.63, 3.8) is 0 Å². The Bertz CT molecular complexity index is 785. The van der Waals surface area contributed by atoms with Gasteiger partial charge in [0.05, 0.1) is 11.3 Å². The number of nitrogens with two attached hydrogens (primary N) is 1. The molecule has 2 aliphatic rings. The van der Waals surface area contributed by atoms with Crippen LogP contribution in [-0.2, 0) is 4.74 Å². The van der Waals surface area contributed by atoms with E-state index >= 15 is 0 Å². The zero-order valence-corrected chi connectivity index (χ0v) is 18.6. The van der Waals surface area contributed by atoms with E-state index in [9.17, 15) is 9.59 Å². The molecule has 0 radical (unpaired) electrons. The molecule has 1 aromatic rings. The highest BCUT2D eigenvalue weighted by Crippen LogP contribution is 2.43. The topological polar surface area (TPSA) is 103 Å². The van der Waals surface area contributed by atoms with Gasteiger partial charge in [-0.25, -0.2) is 4.79 Å². The Morgan fingerprint density at radius 3 is 2.48 bits per heavy atom. The summed E-state index contributed by atoms with van der Waals surface area (Å²) in [6.45, 7) is 8.11. The van der Waals surface area contributed by atoms with Gasteiger partial charge in [0.25, 0.3) is 5.91 Å². The van der Waals surface area contributed by atoms with E-state index in [0.717, 1.165) is 12.8 Å². The highest BCUT2D eigenvalue weighted by atomic mass is 79.9. The molecule has 160 valence electrons. The van der Waals surface area contributed by atoms with Crippen LogP contribution in [0.3, 0.4) is 0 Å². The fourth-order valence-corrected chi connectivity index (χ4v) is 3.75. The first kappa shape index (κ1) is 21.5. The zero-order chi connectivity index (χ0) is 21.2. The molecule has 1 saturated heterocycles. The van der Waals surface area contributed by atoms with Gasteiger partial charge < -0.3 is 30.2 Å². The third-order valence-corrected chi connectivity index (χ3v) is 5.52. The van der Waals surface area contributed by atoms with E-state index in [2.05, 4.69) is 21.2 Å². The van der Waals surface area contributed by atoms with Crippen molar-refractivity contribution in [2.24, 2.45) is 5.92 Å². The van der Waals surface area contributed by atoms with Crippen LogP contribution in [0.4, 0.5) is 10.5 Å². The highest BCUT2D eigenvalue weighted by Gasteiger charge is 2.28. The fourth-order valence-electron chi connectivity index (χ4n) is 3.34. The maximum absolute atomic E-state index is 12.8. The van der Waals surface area contributed by atoms with E-state index in [-0.39, 0.29) is 12.0 Å². The van der Waals surface area contributed by atoms with Crippen molar-refractivity contribution in [2.75, 3.05) is 38.6 Å². The monoisotopic (exact) mass is 469 g/mol. The minimum atomic E-state index is -0.500. The molecule has 0 unspecified atom stereocenters. The average Bonchev–Trinajstić information content (AvgIpc) is 2.68. The van der Waals surface area contributed by atoms with Crippen molar-refractivity contribution in [1.29, 1.82) is 0 Å². The number of carbonyl (C=O) groups is 2. The minimum absolute atomic E-state index is 0.234. The number of hydrogen-bond acceptors (Lipinski definition) is 6. The molecule has 1 aromatic carbocycles. The molecular formula is C20H28BrN3O5. The standard InChI is InChI=1S/C20H28BrN3O5/c1-20(2,3)29-19(26)24-6-4-12(5-7-24)11-23-18(25)13-10-14(21)15(22)17-16(13)27-8-9-28-17/h10,12H,4-9,11,22H2,1-3H3,(H,23,25). The number of benzene rings is 1. The molecule has 0 aliphatic carbocycles. The highest BCUT2D eigenvalue weighted by molar-refractivity contribution is 9.10. The lowest BCUT2D eigenvalue weighted by Crippen LogP contribution is -2.43. The Balaban J connectivity index is 1.55. The van der Waals surface area contributed by atoms with Crippen molar-refractivity contribution in [1.82, 2.24) is 10.2 Å². The SMILES string of the molecule is CC(C)(C)OC(=O)N1CCC(CNC(=O)c2cc(Br)c(N)c3c2OCCO3)CC1. The number of nitrogens with zero attached hydrogens (tertiary/aromatic N) is 1. The van der Waals surface area contributed by atoms with Gasteiger partial charge in [-0.2, -0.15) is 0 Å². The number of amides is 2. The summed E-state index contributed by atoms with van der Waals surface area (Å²) in [7, 11) is 0. The van der Waals surface area contributed by atoms with E-state index < -0.39 is 5.60 Å². The van der Waals surface area contributed by atoms with Gasteiger partial charge in [0, 0.05) is 24.1 Å². The van der Waals surface area contributed by atoms with Crippen LogP contribution in [0.2, 0.25) is 0 Å². The van der Waals surface area contributed by atoms with Crippen LogP contribution in [0.1, 0.15) is 44.0 Å². The van der Waals surface area contributed by atoms with Crippen molar-refractivity contribution in [3.05, 3.63) is 16.1 Å². The van der Waals surface area contributed by atoms with Gasteiger partial charge in [0.1, 0.15) is 18.8 Å². The molecule has 2 heterocycles. The molecule has 0 bridgehead atoms. The van der Waals surface area contributed by atoms with Crippen molar-refractivity contribution >= 4 is 33.6 Å². The maximum atomic E-state index is 12.8. The lowest BCUT2D eigenvalue weighted by molar-refractivity contribution is 0.0183. The molecule has 29 heavy (non-hydrogen) atoms. The van der Waals surface area contributed by atoms with Crippen LogP contribution in [0.5, 0.6) is 11.5 Å². The summed E-state index contributed by atoms with van der Waals surface area (Å²) < 4.78 is 17.2. The molecule has 0 saturated carbocycles. The summed E-state index contributed by atoms with van der Waals surface area (Å²) in [4.78, 5) is 26.6. The molecule has 1 fully saturated rings. The Morgan fingerprint density at radius 2 is 1.86 bits per heavy atom. The number of hydrogen-bond donors (Lipinski definition) is 2. The Morgan fingerprint density at radius 1 is 1.24 bits per heavy atom. The predicted molar refractivity (Wildman–Crippen MR) is 112 cm³/mol. The Kier molecular flexibility index (Phi) is 6.45. The second-order valence-electron chi connectivity index (χ2n) is 8.30. The summed E-state index contributed by atoms with van der Waals surface area (Å²) in [6.07, 6.45) is 1.33. The summed E-state index contributed by atoms with van der Waals surface area (Å²) >= 11 is 3.37. The van der Waals surface area contributed by atoms with E-state index in [0.29, 0.717) is 66.0 Å². The van der Waals surface area contributed by atoms with Gasteiger partial charge in [-0.05, 0) is 61.5 Å². The van der Waals surface area contributed by atoms with Crippen LogP contribution in [0.25, 0.3) is 0 Å². The van der Waals surface area contributed by atoms with Gasteiger partial charge in [-0.1, -0.05) is 0 Å². The van der Waals surface area contributed by atoms with Crippen molar-refractivity contribution in [2.45, 2.75) is 39.2 Å².